The Labute approximate surface area is 167 Å². The molecule has 8 heteroatoms. The average Bonchev–Trinajstić information content (AvgIpc) is 3.38. The van der Waals surface area contributed by atoms with Crippen LogP contribution in [-0.2, 0) is 4.74 Å². The first-order valence-electron chi connectivity index (χ1n) is 9.39. The van der Waals surface area contributed by atoms with E-state index in [9.17, 15) is 4.79 Å². The molecule has 0 aliphatic rings. The molecule has 148 valence electrons. The van der Waals surface area contributed by atoms with Crippen LogP contribution < -0.4 is 5.32 Å². The molecule has 0 bridgehead atoms. The summed E-state index contributed by atoms with van der Waals surface area (Å²) in [5, 5.41) is 14.9. The summed E-state index contributed by atoms with van der Waals surface area (Å²) < 4.78 is 6.82. The Hall–Kier alpha value is -3.52. The molecular formula is C21H22N6O2. The van der Waals surface area contributed by atoms with E-state index in [2.05, 4.69) is 32.5 Å². The van der Waals surface area contributed by atoms with Crippen LogP contribution in [0.25, 0.3) is 27.8 Å². The first-order valence-corrected chi connectivity index (χ1v) is 9.39. The Kier molecular flexibility index (Phi) is 5.35. The van der Waals surface area contributed by atoms with Gasteiger partial charge in [0.1, 0.15) is 5.69 Å². The minimum absolute atomic E-state index is 0.210. The van der Waals surface area contributed by atoms with Crippen molar-refractivity contribution in [1.29, 1.82) is 0 Å². The predicted octanol–water partition coefficient (Wildman–Crippen LogP) is 2.89. The highest BCUT2D eigenvalue weighted by Gasteiger charge is 2.15. The zero-order valence-corrected chi connectivity index (χ0v) is 16.3. The third kappa shape index (κ3) is 4.02. The van der Waals surface area contributed by atoms with E-state index >= 15 is 0 Å². The lowest BCUT2D eigenvalue weighted by Crippen LogP contribution is -2.25. The van der Waals surface area contributed by atoms with Crippen LogP contribution >= 0.6 is 0 Å². The monoisotopic (exact) mass is 390 g/mol. The topological polar surface area (TPSA) is 97.7 Å². The number of carbonyl (C=O) groups excluding carboxylic acids is 1. The summed E-state index contributed by atoms with van der Waals surface area (Å²) >= 11 is 0. The Morgan fingerprint density at radius 3 is 2.83 bits per heavy atom. The predicted molar refractivity (Wildman–Crippen MR) is 110 cm³/mol. The lowest BCUT2D eigenvalue weighted by atomic mass is 10.1. The van der Waals surface area contributed by atoms with Gasteiger partial charge in [-0.1, -0.05) is 17.7 Å². The van der Waals surface area contributed by atoms with E-state index in [4.69, 9.17) is 4.74 Å². The molecule has 29 heavy (non-hydrogen) atoms. The highest BCUT2D eigenvalue weighted by atomic mass is 16.5. The number of fused-ring (bicyclic) bond motifs is 1. The average molecular weight is 390 g/mol. The summed E-state index contributed by atoms with van der Waals surface area (Å²) in [7, 11) is 1.64. The fraction of sp³-hybridized carbons (Fsp3) is 0.238. The number of amides is 1. The second-order valence-corrected chi connectivity index (χ2v) is 6.81. The van der Waals surface area contributed by atoms with Crippen molar-refractivity contribution in [2.24, 2.45) is 0 Å². The number of hydrogen-bond acceptors (Lipinski definition) is 5. The number of benzene rings is 1. The molecule has 0 atom stereocenters. The second kappa shape index (κ2) is 8.24. The van der Waals surface area contributed by atoms with Crippen molar-refractivity contribution >= 4 is 16.9 Å². The minimum atomic E-state index is -0.210. The van der Waals surface area contributed by atoms with Crippen LogP contribution in [0.15, 0.2) is 48.9 Å². The van der Waals surface area contributed by atoms with Crippen LogP contribution in [0.2, 0.25) is 0 Å². The van der Waals surface area contributed by atoms with Gasteiger partial charge in [0.05, 0.1) is 17.3 Å². The van der Waals surface area contributed by atoms with E-state index in [-0.39, 0.29) is 5.91 Å². The molecule has 0 unspecified atom stereocenters. The Morgan fingerprint density at radius 2 is 2.03 bits per heavy atom. The number of ether oxygens (including phenoxy) is 1. The van der Waals surface area contributed by atoms with Gasteiger partial charge in [0.25, 0.3) is 5.91 Å². The van der Waals surface area contributed by atoms with E-state index in [1.807, 2.05) is 41.2 Å². The zero-order valence-electron chi connectivity index (χ0n) is 16.3. The summed E-state index contributed by atoms with van der Waals surface area (Å²) in [6, 6.07) is 10.1. The lowest BCUT2D eigenvalue weighted by Gasteiger charge is -2.04. The van der Waals surface area contributed by atoms with Gasteiger partial charge >= 0.3 is 0 Å². The number of nitrogens with zero attached hydrogens (tertiary/aromatic N) is 4. The molecule has 2 N–H and O–H groups in total. The van der Waals surface area contributed by atoms with Crippen LogP contribution in [-0.4, -0.2) is 51.1 Å². The molecule has 3 aromatic heterocycles. The third-order valence-corrected chi connectivity index (χ3v) is 4.66. The van der Waals surface area contributed by atoms with Gasteiger partial charge < -0.3 is 10.1 Å². The van der Waals surface area contributed by atoms with Gasteiger partial charge in [-0.3, -0.25) is 9.89 Å². The summed E-state index contributed by atoms with van der Waals surface area (Å²) in [6.45, 7) is 3.18. The van der Waals surface area contributed by atoms with E-state index < -0.39 is 0 Å². The smallest absolute Gasteiger partial charge is 0.270 e. The van der Waals surface area contributed by atoms with Gasteiger partial charge in [-0.2, -0.15) is 10.2 Å². The largest absolute Gasteiger partial charge is 0.385 e. The van der Waals surface area contributed by atoms with Gasteiger partial charge in [-0.15, -0.1) is 0 Å². The van der Waals surface area contributed by atoms with E-state index in [0.717, 1.165) is 23.2 Å². The van der Waals surface area contributed by atoms with Crippen molar-refractivity contribution in [2.75, 3.05) is 20.3 Å². The summed E-state index contributed by atoms with van der Waals surface area (Å²) in [4.78, 5) is 16.9. The highest BCUT2D eigenvalue weighted by Crippen LogP contribution is 2.24. The van der Waals surface area contributed by atoms with Gasteiger partial charge in [-0.25, -0.2) is 9.67 Å². The minimum Gasteiger partial charge on any atom is -0.385 e. The number of nitrogens with one attached hydrogen (secondary N) is 2. The number of aryl methyl sites for hydroxylation is 1. The van der Waals surface area contributed by atoms with Crippen molar-refractivity contribution in [3.8, 4) is 16.8 Å². The maximum atomic E-state index is 12.5. The molecule has 3 heterocycles. The Bertz CT molecular complexity index is 1130. The molecule has 0 spiro atoms. The van der Waals surface area contributed by atoms with Gasteiger partial charge in [0.15, 0.2) is 5.65 Å². The molecule has 4 aromatic rings. The normalized spacial score (nSPS) is 11.1. The van der Waals surface area contributed by atoms with Gasteiger partial charge in [-0.05, 0) is 31.5 Å². The number of aromatic nitrogens is 5. The molecule has 0 aliphatic carbocycles. The molecular weight excluding hydrogens is 368 g/mol. The number of hydrogen-bond donors (Lipinski definition) is 2. The fourth-order valence-corrected chi connectivity index (χ4v) is 3.05. The molecule has 1 amide bonds. The SMILES string of the molecule is COCCCNC(=O)c1[nH]nc2ncc(-c3cnn(-c4ccc(C)cc4)c3)cc12. The number of aromatic amines is 1. The van der Waals surface area contributed by atoms with Crippen molar-refractivity contribution in [3.63, 3.8) is 0 Å². The molecule has 0 aliphatic heterocycles. The quantitative estimate of drug-likeness (QED) is 0.473. The fourth-order valence-electron chi connectivity index (χ4n) is 3.05. The van der Waals surface area contributed by atoms with Crippen LogP contribution in [0.3, 0.4) is 0 Å². The third-order valence-electron chi connectivity index (χ3n) is 4.66. The maximum absolute atomic E-state index is 12.5. The number of H-pyrrole nitrogens is 1. The van der Waals surface area contributed by atoms with E-state index in [0.29, 0.717) is 29.9 Å². The number of methoxy groups -OCH3 is 1. The number of pyridine rings is 1. The molecule has 4 rings (SSSR count). The molecule has 0 saturated heterocycles. The summed E-state index contributed by atoms with van der Waals surface area (Å²) in [5.41, 5.74) is 4.86. The molecule has 0 fully saturated rings. The summed E-state index contributed by atoms with van der Waals surface area (Å²) in [5.74, 6) is -0.210. The molecule has 1 aromatic carbocycles. The zero-order chi connectivity index (χ0) is 20.2. The maximum Gasteiger partial charge on any atom is 0.270 e. The molecule has 8 nitrogen and oxygen atoms in total. The first kappa shape index (κ1) is 18.8. The first-order chi connectivity index (χ1) is 14.2. The second-order valence-electron chi connectivity index (χ2n) is 6.81. The lowest BCUT2D eigenvalue weighted by molar-refractivity contribution is 0.0945. The van der Waals surface area contributed by atoms with Crippen molar-refractivity contribution in [2.45, 2.75) is 13.3 Å². The van der Waals surface area contributed by atoms with Crippen molar-refractivity contribution in [1.82, 2.24) is 30.3 Å². The number of rotatable bonds is 7. The van der Waals surface area contributed by atoms with Gasteiger partial charge in [0.2, 0.25) is 0 Å². The molecule has 0 saturated carbocycles. The van der Waals surface area contributed by atoms with Crippen molar-refractivity contribution < 1.29 is 9.53 Å². The van der Waals surface area contributed by atoms with Crippen LogP contribution in [0, 0.1) is 6.92 Å². The summed E-state index contributed by atoms with van der Waals surface area (Å²) in [6.07, 6.45) is 6.21. The van der Waals surface area contributed by atoms with E-state index in [1.165, 1.54) is 5.56 Å². The molecule has 0 radical (unpaired) electrons. The van der Waals surface area contributed by atoms with Crippen molar-refractivity contribution in [3.05, 3.63) is 60.2 Å². The van der Waals surface area contributed by atoms with Crippen LogP contribution in [0.5, 0.6) is 0 Å². The standard InChI is InChI=1S/C21H22N6O2/c1-14-4-6-17(7-5-14)27-13-16(12-24-27)15-10-18-19(25-26-20(18)23-11-15)21(28)22-8-3-9-29-2/h4-7,10-13H,3,8-9H2,1-2H3,(H,22,28)(H,23,25,26). The Morgan fingerprint density at radius 1 is 1.21 bits per heavy atom. The highest BCUT2D eigenvalue weighted by molar-refractivity contribution is 6.04. The van der Waals surface area contributed by atoms with E-state index in [1.54, 1.807) is 19.5 Å². The van der Waals surface area contributed by atoms with Crippen LogP contribution in [0.4, 0.5) is 0 Å². The van der Waals surface area contributed by atoms with Gasteiger partial charge in [0, 0.05) is 43.8 Å². The Balaban J connectivity index is 1.59. The van der Waals surface area contributed by atoms with Crippen LogP contribution in [0.1, 0.15) is 22.5 Å². The number of carbonyl (C=O) groups is 1.